The summed E-state index contributed by atoms with van der Waals surface area (Å²) in [7, 11) is 0. The van der Waals surface area contributed by atoms with Gasteiger partial charge in [-0.25, -0.2) is 9.78 Å². The van der Waals surface area contributed by atoms with Gasteiger partial charge in [0.05, 0.1) is 11.1 Å². The smallest absolute Gasteiger partial charge is 0.418 e. The molecule has 1 aliphatic heterocycles. The molecule has 0 spiro atoms. The Labute approximate surface area is 148 Å². The Kier molecular flexibility index (Phi) is 4.49. The van der Waals surface area contributed by atoms with Crippen LogP contribution in [0.1, 0.15) is 26.3 Å². The van der Waals surface area contributed by atoms with Gasteiger partial charge in [-0.1, -0.05) is 0 Å². The molecule has 1 saturated heterocycles. The van der Waals surface area contributed by atoms with Gasteiger partial charge >= 0.3 is 12.3 Å². The van der Waals surface area contributed by atoms with Gasteiger partial charge in [-0.05, 0) is 26.8 Å². The Bertz CT molecular complexity index is 802. The normalized spacial score (nSPS) is 16.2. The van der Waals surface area contributed by atoms with Crippen LogP contribution in [-0.4, -0.2) is 52.7 Å². The van der Waals surface area contributed by atoms with E-state index in [0.29, 0.717) is 37.5 Å². The number of hydrogen-bond donors (Lipinski definition) is 1. The number of anilines is 1. The van der Waals surface area contributed by atoms with Crippen LogP contribution in [0.15, 0.2) is 18.5 Å². The molecule has 0 radical (unpaired) electrons. The number of nitrogens with one attached hydrogen (secondary N) is 1. The Balaban J connectivity index is 1.77. The summed E-state index contributed by atoms with van der Waals surface area (Å²) in [6, 6.07) is 1.40. The van der Waals surface area contributed by atoms with Crippen molar-refractivity contribution in [2.24, 2.45) is 0 Å². The van der Waals surface area contributed by atoms with E-state index in [2.05, 4.69) is 9.97 Å². The number of carbonyl (C=O) groups is 1. The molecule has 26 heavy (non-hydrogen) atoms. The molecule has 9 heteroatoms. The van der Waals surface area contributed by atoms with Crippen LogP contribution in [0, 0.1) is 0 Å². The average molecular weight is 370 g/mol. The zero-order chi connectivity index (χ0) is 19.1. The molecular formula is C17H21F3N4O2. The second-order valence-corrected chi connectivity index (χ2v) is 7.21. The molecule has 142 valence electrons. The highest BCUT2D eigenvalue weighted by molar-refractivity contribution is 5.92. The van der Waals surface area contributed by atoms with Gasteiger partial charge in [-0.15, -0.1) is 0 Å². The van der Waals surface area contributed by atoms with Crippen LogP contribution >= 0.6 is 0 Å². The summed E-state index contributed by atoms with van der Waals surface area (Å²) in [5.41, 5.74) is -0.977. The Hall–Kier alpha value is -2.45. The topological polar surface area (TPSA) is 61.5 Å². The third kappa shape index (κ3) is 3.71. The number of H-pyrrole nitrogens is 1. The lowest BCUT2D eigenvalue weighted by Crippen LogP contribution is -2.50. The first-order valence-electron chi connectivity index (χ1n) is 8.32. The maximum Gasteiger partial charge on any atom is 0.418 e. The van der Waals surface area contributed by atoms with Gasteiger partial charge in [-0.3, -0.25) is 0 Å². The fourth-order valence-corrected chi connectivity index (χ4v) is 2.93. The van der Waals surface area contributed by atoms with E-state index in [0.717, 1.165) is 6.20 Å². The fraction of sp³-hybridized carbons (Fsp3) is 0.529. The minimum atomic E-state index is -4.46. The number of aromatic amines is 1. The second-order valence-electron chi connectivity index (χ2n) is 7.21. The number of amides is 1. The van der Waals surface area contributed by atoms with Gasteiger partial charge in [0.25, 0.3) is 0 Å². The molecule has 2 aromatic heterocycles. The number of piperazine rings is 1. The highest BCUT2D eigenvalue weighted by Crippen LogP contribution is 2.36. The van der Waals surface area contributed by atoms with Gasteiger partial charge in [-0.2, -0.15) is 13.2 Å². The number of carbonyl (C=O) groups excluding carboxylic acids is 1. The van der Waals surface area contributed by atoms with E-state index in [9.17, 15) is 18.0 Å². The molecule has 1 fully saturated rings. The van der Waals surface area contributed by atoms with Crippen molar-refractivity contribution in [2.75, 3.05) is 31.1 Å². The summed E-state index contributed by atoms with van der Waals surface area (Å²) in [4.78, 5) is 22.5. The first-order chi connectivity index (χ1) is 12.1. The summed E-state index contributed by atoms with van der Waals surface area (Å²) in [6.07, 6.45) is -2.50. The molecule has 3 rings (SSSR count). The standard InChI is InChI=1S/C17H21F3N4O2/c1-16(2,3)26-15(25)24-8-6-23(7-9-24)14-13-11(4-5-21-13)12(10-22-14)17(18,19)20/h4-5,10,21H,6-9H2,1-3H3. The van der Waals surface area contributed by atoms with Crippen molar-refractivity contribution in [3.63, 3.8) is 0 Å². The quantitative estimate of drug-likeness (QED) is 0.833. The van der Waals surface area contributed by atoms with Gasteiger partial charge in [0, 0.05) is 44.0 Å². The fourth-order valence-electron chi connectivity index (χ4n) is 2.93. The van der Waals surface area contributed by atoms with E-state index in [1.54, 1.807) is 25.7 Å². The van der Waals surface area contributed by atoms with E-state index >= 15 is 0 Å². The van der Waals surface area contributed by atoms with Crippen molar-refractivity contribution < 1.29 is 22.7 Å². The van der Waals surface area contributed by atoms with Crippen molar-refractivity contribution in [2.45, 2.75) is 32.5 Å². The molecule has 0 bridgehead atoms. The van der Waals surface area contributed by atoms with Crippen molar-refractivity contribution in [3.8, 4) is 0 Å². The van der Waals surface area contributed by atoms with Crippen LogP contribution in [0.3, 0.4) is 0 Å². The average Bonchev–Trinajstić information content (AvgIpc) is 3.01. The number of rotatable bonds is 1. The van der Waals surface area contributed by atoms with E-state index < -0.39 is 17.3 Å². The van der Waals surface area contributed by atoms with Crippen molar-refractivity contribution >= 4 is 22.8 Å². The molecule has 1 aliphatic rings. The number of fused-ring (bicyclic) bond motifs is 1. The maximum absolute atomic E-state index is 13.1. The monoisotopic (exact) mass is 370 g/mol. The van der Waals surface area contributed by atoms with Gasteiger partial charge in [0.15, 0.2) is 5.82 Å². The van der Waals surface area contributed by atoms with Crippen LogP contribution in [0.5, 0.6) is 0 Å². The summed E-state index contributed by atoms with van der Waals surface area (Å²) in [5.74, 6) is 0.460. The Morgan fingerprint density at radius 3 is 2.42 bits per heavy atom. The summed E-state index contributed by atoms with van der Waals surface area (Å²) < 4.78 is 44.7. The number of pyridine rings is 1. The Morgan fingerprint density at radius 1 is 1.19 bits per heavy atom. The molecule has 6 nitrogen and oxygen atoms in total. The Morgan fingerprint density at radius 2 is 1.85 bits per heavy atom. The minimum absolute atomic E-state index is 0.0945. The number of alkyl halides is 3. The van der Waals surface area contributed by atoms with E-state index in [1.807, 2.05) is 4.90 Å². The lowest BCUT2D eigenvalue weighted by molar-refractivity contribution is -0.136. The molecule has 0 aromatic carbocycles. The first-order valence-corrected chi connectivity index (χ1v) is 8.32. The lowest BCUT2D eigenvalue weighted by atomic mass is 10.1. The van der Waals surface area contributed by atoms with Crippen molar-refractivity contribution in [1.29, 1.82) is 0 Å². The molecule has 0 aliphatic carbocycles. The van der Waals surface area contributed by atoms with Crippen LogP contribution in [-0.2, 0) is 10.9 Å². The summed E-state index contributed by atoms with van der Waals surface area (Å²) >= 11 is 0. The SMILES string of the molecule is CC(C)(C)OC(=O)N1CCN(c2ncc(C(F)(F)F)c3cc[nH]c23)CC1. The number of aromatic nitrogens is 2. The molecule has 2 aromatic rings. The zero-order valence-electron chi connectivity index (χ0n) is 14.9. The highest BCUT2D eigenvalue weighted by atomic mass is 19.4. The molecule has 0 saturated carbocycles. The largest absolute Gasteiger partial charge is 0.444 e. The molecule has 1 N–H and O–H groups in total. The third-order valence-electron chi connectivity index (χ3n) is 4.11. The van der Waals surface area contributed by atoms with Crippen LogP contribution < -0.4 is 4.90 Å². The van der Waals surface area contributed by atoms with Gasteiger partial charge in [0.1, 0.15) is 5.60 Å². The number of ether oxygens (including phenoxy) is 1. The summed E-state index contributed by atoms with van der Waals surface area (Å²) in [6.45, 7) is 7.16. The predicted octanol–water partition coefficient (Wildman–Crippen LogP) is 3.64. The van der Waals surface area contributed by atoms with Crippen molar-refractivity contribution in [1.82, 2.24) is 14.9 Å². The molecule has 1 amide bonds. The van der Waals surface area contributed by atoms with Crippen LogP contribution in [0.4, 0.5) is 23.8 Å². The third-order valence-corrected chi connectivity index (χ3v) is 4.11. The first kappa shape index (κ1) is 18.3. The van der Waals surface area contributed by atoms with Gasteiger partial charge in [0.2, 0.25) is 0 Å². The number of nitrogens with zero attached hydrogens (tertiary/aromatic N) is 3. The van der Waals surface area contributed by atoms with E-state index in [-0.39, 0.29) is 11.5 Å². The van der Waals surface area contributed by atoms with E-state index in [1.165, 1.54) is 12.3 Å². The van der Waals surface area contributed by atoms with Crippen LogP contribution in [0.25, 0.3) is 10.9 Å². The second kappa shape index (κ2) is 6.37. The van der Waals surface area contributed by atoms with Gasteiger partial charge < -0.3 is 19.5 Å². The lowest BCUT2D eigenvalue weighted by Gasteiger charge is -2.36. The maximum atomic E-state index is 13.1. The summed E-state index contributed by atoms with van der Waals surface area (Å²) in [5, 5.41) is 0.0945. The zero-order valence-corrected chi connectivity index (χ0v) is 14.9. The predicted molar refractivity (Wildman–Crippen MR) is 91.1 cm³/mol. The number of halogens is 3. The highest BCUT2D eigenvalue weighted by Gasteiger charge is 2.35. The van der Waals surface area contributed by atoms with E-state index in [4.69, 9.17) is 4.74 Å². The van der Waals surface area contributed by atoms with Crippen LogP contribution in [0.2, 0.25) is 0 Å². The molecule has 3 heterocycles. The molecule has 0 unspecified atom stereocenters. The number of hydrogen-bond acceptors (Lipinski definition) is 4. The minimum Gasteiger partial charge on any atom is -0.444 e. The molecule has 0 atom stereocenters. The molecular weight excluding hydrogens is 349 g/mol. The van der Waals surface area contributed by atoms with Crippen molar-refractivity contribution in [3.05, 3.63) is 24.0 Å².